The summed E-state index contributed by atoms with van der Waals surface area (Å²) in [6.07, 6.45) is 7.28. The molecular weight excluding hydrogens is 917 g/mol. The van der Waals surface area contributed by atoms with Crippen LogP contribution in [-0.4, -0.2) is 30.1 Å². The number of anilines is 3. The highest BCUT2D eigenvalue weighted by Crippen LogP contribution is 2.60. The highest BCUT2D eigenvalue weighted by Gasteiger charge is 2.38. The van der Waals surface area contributed by atoms with Crippen molar-refractivity contribution >= 4 is 86.9 Å². The number of allylic oxidation sites excluding steroid dienone is 4. The lowest BCUT2D eigenvalue weighted by Crippen LogP contribution is -2.25. The Morgan fingerprint density at radius 1 is 0.676 bits per heavy atom. The number of nitrogens with zero attached hydrogens (tertiary/aromatic N) is 2. The first-order valence-corrected chi connectivity index (χ1v) is 25.7. The van der Waals surface area contributed by atoms with Crippen LogP contribution in [0.3, 0.4) is 0 Å². The third-order valence-electron chi connectivity index (χ3n) is 14.7. The first-order valence-electron chi connectivity index (χ1n) is 24.0. The summed E-state index contributed by atoms with van der Waals surface area (Å²) < 4.78 is 4.57. The van der Waals surface area contributed by atoms with Crippen LogP contribution in [0.25, 0.3) is 74.7 Å². The largest absolute Gasteiger partial charge is 0.503 e. The second-order valence-corrected chi connectivity index (χ2v) is 20.9. The van der Waals surface area contributed by atoms with Gasteiger partial charge in [0.1, 0.15) is 5.69 Å². The summed E-state index contributed by atoms with van der Waals surface area (Å²) in [6, 6.07) is 46.7. The topological polar surface area (TPSA) is 109 Å². The van der Waals surface area contributed by atoms with Crippen molar-refractivity contribution in [1.82, 2.24) is 4.57 Å². The summed E-state index contributed by atoms with van der Waals surface area (Å²) in [5.74, 6) is -4.26. The third-order valence-corrected chi connectivity index (χ3v) is 17.2. The average Bonchev–Trinajstić information content (AvgIpc) is 4.13. The molecule has 0 fully saturated rings. The van der Waals surface area contributed by atoms with Crippen molar-refractivity contribution in [2.45, 2.75) is 46.5 Å². The normalized spacial score (nSPS) is 15.5. The molecule has 0 saturated heterocycles. The molecule has 1 atom stereocenters. The SMILES string of the molecule is C=CC1=C(/C=C\C)C2Cc3ccc4cc5c6ccc(N(c7ccc8c(c7)C(C)(C)c7ccccc7-8)c7c(O)c(O)c(O)c(O)c7O)cc6sc5c5c4c3c(n5-c3ccc(-c4ccccc4)cc3)=C2S1.CC. The molecule has 13 rings (SSSR count). The monoisotopic (exact) mass is 966 g/mol. The van der Waals surface area contributed by atoms with Crippen molar-refractivity contribution in [3.8, 4) is 56.7 Å². The smallest absolute Gasteiger partial charge is 0.208 e. The second-order valence-electron chi connectivity index (χ2n) is 18.8. The van der Waals surface area contributed by atoms with Crippen LogP contribution in [0.5, 0.6) is 28.7 Å². The van der Waals surface area contributed by atoms with E-state index in [2.05, 4.69) is 129 Å². The highest BCUT2D eigenvalue weighted by atomic mass is 32.2. The summed E-state index contributed by atoms with van der Waals surface area (Å²) in [7, 11) is 0. The molecule has 3 heterocycles. The van der Waals surface area contributed by atoms with Crippen molar-refractivity contribution in [2.24, 2.45) is 5.92 Å². The summed E-state index contributed by atoms with van der Waals surface area (Å²) in [6.45, 7) is 14.7. The zero-order valence-corrected chi connectivity index (χ0v) is 41.5. The van der Waals surface area contributed by atoms with E-state index in [9.17, 15) is 25.5 Å². The maximum atomic E-state index is 11.6. The molecule has 71 heavy (non-hydrogen) atoms. The summed E-state index contributed by atoms with van der Waals surface area (Å²) in [5.41, 5.74) is 12.0. The Bertz CT molecular complexity index is 4000. The van der Waals surface area contributed by atoms with E-state index < -0.39 is 28.7 Å². The standard InChI is InChI=1S/C60H44N2O5S2.C2H6/c1-5-12-40-42-27-33-17-18-34-28-43-41-26-24-37(61(52-53(63)55(65)57(67)56(66)54(52)64)36-23-25-39-38-15-10-11-16-44(38)60(3,4)45(39)29-36)30-47(41)69-59(43)51-49(34)48(33)50(58(42)68-46(40)6-2)62(51)35-21-19-32(20-22-35)31-13-8-7-9-14-31;1-2/h5-26,28-30,42,63-67H,2,27H2,1,3-4H3;1-2H3/b12-5-;. The van der Waals surface area contributed by atoms with Crippen molar-refractivity contribution in [1.29, 1.82) is 0 Å². The minimum Gasteiger partial charge on any atom is -0.503 e. The van der Waals surface area contributed by atoms with E-state index in [1.165, 1.54) is 42.6 Å². The van der Waals surface area contributed by atoms with Crippen molar-refractivity contribution in [2.75, 3.05) is 4.90 Å². The van der Waals surface area contributed by atoms with Gasteiger partial charge < -0.3 is 35.0 Å². The lowest BCUT2D eigenvalue weighted by Gasteiger charge is -2.29. The van der Waals surface area contributed by atoms with E-state index in [1.54, 1.807) is 16.2 Å². The van der Waals surface area contributed by atoms with Crippen molar-refractivity contribution in [3.63, 3.8) is 0 Å². The van der Waals surface area contributed by atoms with Gasteiger partial charge in [-0.1, -0.05) is 155 Å². The first kappa shape index (κ1) is 44.4. The molecule has 0 spiro atoms. The van der Waals surface area contributed by atoms with Gasteiger partial charge in [-0.05, 0) is 106 Å². The summed E-state index contributed by atoms with van der Waals surface area (Å²) in [5, 5.41) is 62.8. The van der Waals surface area contributed by atoms with Gasteiger partial charge in [0, 0.05) is 64.5 Å². The number of phenols is 5. The number of fused-ring (bicyclic) bond motifs is 8. The average molecular weight is 967 g/mol. The van der Waals surface area contributed by atoms with Gasteiger partial charge in [-0.15, -0.1) is 11.3 Å². The van der Waals surface area contributed by atoms with E-state index in [-0.39, 0.29) is 17.0 Å². The third kappa shape index (κ3) is 6.28. The molecular formula is C62H50N2O5S2. The summed E-state index contributed by atoms with van der Waals surface area (Å²) in [4.78, 5) is 4.16. The number of thioether (sulfide) groups is 1. The summed E-state index contributed by atoms with van der Waals surface area (Å²) >= 11 is 3.52. The van der Waals surface area contributed by atoms with E-state index >= 15 is 0 Å². The number of phenolic OH excluding ortho intramolecular Hbond substituents is 5. The van der Waals surface area contributed by atoms with E-state index in [0.29, 0.717) is 11.4 Å². The fourth-order valence-electron chi connectivity index (χ4n) is 11.5. The zero-order valence-electron chi connectivity index (χ0n) is 39.9. The molecule has 3 aliphatic rings. The van der Waals surface area contributed by atoms with Crippen LogP contribution in [0.1, 0.15) is 51.3 Å². The highest BCUT2D eigenvalue weighted by molar-refractivity contribution is 8.12. The van der Waals surface area contributed by atoms with Gasteiger partial charge in [-0.2, -0.15) is 0 Å². The van der Waals surface area contributed by atoms with Crippen molar-refractivity contribution in [3.05, 3.63) is 191 Å². The van der Waals surface area contributed by atoms with Crippen LogP contribution in [-0.2, 0) is 11.8 Å². The Labute approximate surface area is 419 Å². The van der Waals surface area contributed by atoms with Gasteiger partial charge in [0.25, 0.3) is 0 Å². The number of benzene rings is 8. The molecule has 1 aliphatic heterocycles. The predicted octanol–water partition coefficient (Wildman–Crippen LogP) is 15.9. The second kappa shape index (κ2) is 16.4. The number of hydrogen-bond acceptors (Lipinski definition) is 8. The van der Waals surface area contributed by atoms with Gasteiger partial charge in [0.15, 0.2) is 11.5 Å². The molecule has 0 amide bonds. The Morgan fingerprint density at radius 2 is 1.34 bits per heavy atom. The molecule has 10 aromatic rings. The van der Waals surface area contributed by atoms with Crippen LogP contribution in [0.2, 0.25) is 0 Å². The fraction of sp³-hybridized carbons (Fsp3) is 0.129. The maximum absolute atomic E-state index is 11.6. The van der Waals surface area contributed by atoms with Gasteiger partial charge in [-0.3, -0.25) is 0 Å². The van der Waals surface area contributed by atoms with Crippen LogP contribution in [0.15, 0.2) is 169 Å². The Kier molecular flexibility index (Phi) is 10.2. The minimum atomic E-state index is -1.01. The molecule has 8 aromatic carbocycles. The Balaban J connectivity index is 0.00000256. The molecule has 2 aromatic heterocycles. The number of aromatic nitrogens is 1. The van der Waals surface area contributed by atoms with Crippen LogP contribution < -0.4 is 10.2 Å². The lowest BCUT2D eigenvalue weighted by atomic mass is 9.82. The van der Waals surface area contributed by atoms with E-state index in [1.807, 2.05) is 80.2 Å². The number of hydrogen-bond donors (Lipinski definition) is 5. The predicted molar refractivity (Wildman–Crippen MR) is 296 cm³/mol. The number of aromatic hydroxyl groups is 5. The Morgan fingerprint density at radius 3 is 2.07 bits per heavy atom. The zero-order chi connectivity index (χ0) is 49.2. The van der Waals surface area contributed by atoms with Crippen LogP contribution >= 0.6 is 23.1 Å². The Hall–Kier alpha value is -7.85. The molecule has 1 unspecified atom stereocenters. The van der Waals surface area contributed by atoms with Crippen LogP contribution in [0.4, 0.5) is 17.1 Å². The molecule has 5 N–H and O–H groups in total. The molecule has 0 radical (unpaired) electrons. The lowest BCUT2D eigenvalue weighted by molar-refractivity contribution is 0.329. The number of rotatable bonds is 7. The van der Waals surface area contributed by atoms with Gasteiger partial charge in [-0.25, -0.2) is 0 Å². The molecule has 2 aliphatic carbocycles. The molecule has 9 heteroatoms. The number of thiophene rings is 1. The maximum Gasteiger partial charge on any atom is 0.208 e. The van der Waals surface area contributed by atoms with E-state index in [0.717, 1.165) is 71.0 Å². The van der Waals surface area contributed by atoms with Gasteiger partial charge in [0.05, 0.1) is 15.6 Å². The fourth-order valence-corrected chi connectivity index (χ4v) is 14.1. The minimum absolute atomic E-state index is 0.191. The quantitative estimate of drug-likeness (QED) is 0.0799. The first-order chi connectivity index (χ1) is 34.5. The van der Waals surface area contributed by atoms with Crippen LogP contribution in [0, 0.1) is 5.92 Å². The van der Waals surface area contributed by atoms with Gasteiger partial charge >= 0.3 is 0 Å². The molecule has 7 nitrogen and oxygen atoms in total. The van der Waals surface area contributed by atoms with Gasteiger partial charge in [0.2, 0.25) is 17.2 Å². The molecule has 0 saturated carbocycles. The van der Waals surface area contributed by atoms with E-state index in [4.69, 9.17) is 0 Å². The molecule has 350 valence electrons. The van der Waals surface area contributed by atoms with Crippen molar-refractivity contribution < 1.29 is 25.5 Å². The molecule has 0 bridgehead atoms.